The molecule has 0 saturated carbocycles. The van der Waals surface area contributed by atoms with Gasteiger partial charge in [-0.05, 0) is 43.7 Å². The number of aromatic nitrogens is 4. The fourth-order valence-electron chi connectivity index (χ4n) is 4.80. The van der Waals surface area contributed by atoms with E-state index in [1.165, 1.54) is 31.1 Å². The number of nitrogens with one attached hydrogen (secondary N) is 1. The zero-order valence-corrected chi connectivity index (χ0v) is 25.1. The van der Waals surface area contributed by atoms with Gasteiger partial charge < -0.3 is 24.7 Å². The maximum absolute atomic E-state index is 16.0. The Bertz CT molecular complexity index is 1630. The van der Waals surface area contributed by atoms with Crippen molar-refractivity contribution in [2.75, 3.05) is 19.0 Å². The molecular weight excluding hydrogens is 582 g/mol. The molecule has 1 unspecified atom stereocenters. The summed E-state index contributed by atoms with van der Waals surface area (Å²) >= 11 is 0. The number of aliphatic hydroxyl groups is 1. The van der Waals surface area contributed by atoms with Crippen LogP contribution in [0.3, 0.4) is 0 Å². The van der Waals surface area contributed by atoms with E-state index in [1.54, 1.807) is 33.0 Å². The monoisotopic (exact) mass is 615 g/mol. The fourth-order valence-corrected chi connectivity index (χ4v) is 5.72. The molecule has 43 heavy (non-hydrogen) atoms. The van der Waals surface area contributed by atoms with Crippen molar-refractivity contribution in [2.45, 2.75) is 63.9 Å². The van der Waals surface area contributed by atoms with Gasteiger partial charge in [-0.15, -0.1) is 4.52 Å². The molecule has 5 rings (SSSR count). The zero-order chi connectivity index (χ0) is 30.9. The van der Waals surface area contributed by atoms with Gasteiger partial charge in [-0.1, -0.05) is 36.4 Å². The molecule has 15 heteroatoms. The molecule has 1 fully saturated rings. The third-order valence-electron chi connectivity index (χ3n) is 7.04. The van der Waals surface area contributed by atoms with Crippen LogP contribution in [0.1, 0.15) is 33.9 Å². The predicted molar refractivity (Wildman–Crippen MR) is 155 cm³/mol. The second-order valence-corrected chi connectivity index (χ2v) is 11.6. The first-order valence-electron chi connectivity index (χ1n) is 13.7. The average Bonchev–Trinajstić information content (AvgIpc) is 3.51. The second kappa shape index (κ2) is 12.4. The smallest absolute Gasteiger partial charge is 0.462 e. The molecule has 0 amide bonds. The highest BCUT2D eigenvalue weighted by Crippen LogP contribution is 2.44. The van der Waals surface area contributed by atoms with E-state index in [0.29, 0.717) is 28.1 Å². The van der Waals surface area contributed by atoms with Crippen molar-refractivity contribution in [3.8, 4) is 5.75 Å². The summed E-state index contributed by atoms with van der Waals surface area (Å²) in [6.45, 7) is 5.55. The minimum absolute atomic E-state index is 0.292. The Morgan fingerprint density at radius 3 is 2.70 bits per heavy atom. The van der Waals surface area contributed by atoms with E-state index in [9.17, 15) is 14.5 Å². The number of benzene rings is 2. The quantitative estimate of drug-likeness (QED) is 0.141. The Balaban J connectivity index is 1.36. The molecule has 13 nitrogen and oxygen atoms in total. The van der Waals surface area contributed by atoms with Crippen molar-refractivity contribution in [3.63, 3.8) is 0 Å². The van der Waals surface area contributed by atoms with Gasteiger partial charge in [0.2, 0.25) is 0 Å². The number of rotatable bonds is 11. The SMILES string of the molecule is CNc1ncnc2c1ncn2[C@@H]1O[C@H](CO[P+](=O)N(Oc2cccc3ccccc23)[C@@H](C)C(=O)OC(C)C)[C@@H](O)[C@@]1(C)F. The minimum Gasteiger partial charge on any atom is -0.462 e. The Hall–Kier alpha value is -3.81. The standard InChI is InChI=1S/C28H33FN6O7P/c1-16(2)40-26(37)17(3)35(42-20-12-8-10-18-9-6-7-11-19(18)20)43(38)39-13-21-23(36)28(4,29)27(41-21)34-15-33-22-24(30-5)31-14-32-25(22)34/h6-12,14-17,21,23,27,36H,13H2,1-5H3,(H,30,31,32)/q+1/t17-,21+,23+,27+,28+/m0/s1. The first-order valence-corrected chi connectivity index (χ1v) is 14.8. The predicted octanol–water partition coefficient (Wildman–Crippen LogP) is 4.32. The number of esters is 1. The number of imidazole rings is 1. The maximum Gasteiger partial charge on any atom is 0.653 e. The summed E-state index contributed by atoms with van der Waals surface area (Å²) in [6.07, 6.45) is -2.02. The van der Waals surface area contributed by atoms with Gasteiger partial charge in [0.25, 0.3) is 0 Å². The minimum atomic E-state index is -2.88. The lowest BCUT2D eigenvalue weighted by molar-refractivity contribution is -0.158. The number of ether oxygens (including phenoxy) is 2. The number of aliphatic hydroxyl groups excluding tert-OH is 1. The van der Waals surface area contributed by atoms with Crippen LogP contribution in [0.2, 0.25) is 0 Å². The summed E-state index contributed by atoms with van der Waals surface area (Å²) in [5.41, 5.74) is -1.61. The number of hydroxylamine groups is 1. The molecule has 0 spiro atoms. The lowest BCUT2D eigenvalue weighted by atomic mass is 9.98. The summed E-state index contributed by atoms with van der Waals surface area (Å²) in [5, 5.41) is 15.4. The first-order chi connectivity index (χ1) is 20.5. The van der Waals surface area contributed by atoms with Gasteiger partial charge in [0.1, 0.15) is 35.5 Å². The van der Waals surface area contributed by atoms with Crippen molar-refractivity contribution >= 4 is 41.9 Å². The highest BCUT2D eigenvalue weighted by molar-refractivity contribution is 7.36. The van der Waals surface area contributed by atoms with Crippen LogP contribution in [0.25, 0.3) is 21.9 Å². The van der Waals surface area contributed by atoms with Crippen LogP contribution in [0.15, 0.2) is 55.1 Å². The van der Waals surface area contributed by atoms with Crippen LogP contribution >= 0.6 is 8.18 Å². The van der Waals surface area contributed by atoms with E-state index in [-0.39, 0.29) is 0 Å². The Morgan fingerprint density at radius 1 is 1.21 bits per heavy atom. The van der Waals surface area contributed by atoms with Gasteiger partial charge in [0.05, 0.1) is 12.4 Å². The molecular formula is C28H33FN6O7P+. The third-order valence-corrected chi connectivity index (χ3v) is 8.16. The molecule has 1 aliphatic heterocycles. The summed E-state index contributed by atoms with van der Waals surface area (Å²) in [5.74, 6) is 0.0829. The van der Waals surface area contributed by atoms with Gasteiger partial charge in [0.15, 0.2) is 35.2 Å². The maximum atomic E-state index is 16.0. The summed E-state index contributed by atoms with van der Waals surface area (Å²) < 4.78 is 47.7. The Kier molecular flexibility index (Phi) is 8.86. The Morgan fingerprint density at radius 2 is 1.95 bits per heavy atom. The molecule has 2 aromatic heterocycles. The van der Waals surface area contributed by atoms with Gasteiger partial charge in [-0.25, -0.2) is 19.3 Å². The van der Waals surface area contributed by atoms with Crippen molar-refractivity contribution in [3.05, 3.63) is 55.1 Å². The molecule has 2 N–H and O–H groups in total. The molecule has 0 radical (unpaired) electrons. The molecule has 0 aliphatic carbocycles. The van der Waals surface area contributed by atoms with Gasteiger partial charge in [-0.2, -0.15) is 0 Å². The topological polar surface area (TPSA) is 150 Å². The molecule has 3 heterocycles. The van der Waals surface area contributed by atoms with E-state index in [0.717, 1.165) is 10.2 Å². The number of hydrogen-bond acceptors (Lipinski definition) is 11. The summed E-state index contributed by atoms with van der Waals surface area (Å²) in [4.78, 5) is 32.3. The molecule has 1 saturated heterocycles. The number of halogens is 1. The molecule has 2 aromatic carbocycles. The summed E-state index contributed by atoms with van der Waals surface area (Å²) in [6, 6.07) is 11.6. The van der Waals surface area contributed by atoms with Crippen LogP contribution in [0.4, 0.5) is 10.2 Å². The highest BCUT2D eigenvalue weighted by atomic mass is 31.1. The normalized spacial score (nSPS) is 23.2. The van der Waals surface area contributed by atoms with Gasteiger partial charge in [0, 0.05) is 12.4 Å². The van der Waals surface area contributed by atoms with E-state index in [1.807, 2.05) is 30.3 Å². The highest BCUT2D eigenvalue weighted by Gasteiger charge is 2.56. The first kappa shape index (κ1) is 30.6. The lowest BCUT2D eigenvalue weighted by Gasteiger charge is -2.24. The average molecular weight is 616 g/mol. The number of nitrogens with zero attached hydrogens (tertiary/aromatic N) is 5. The van der Waals surface area contributed by atoms with Crippen LogP contribution in [0.5, 0.6) is 5.75 Å². The number of anilines is 1. The van der Waals surface area contributed by atoms with Crippen LogP contribution in [-0.2, 0) is 23.4 Å². The number of fused-ring (bicyclic) bond motifs is 2. The number of hydrogen-bond donors (Lipinski definition) is 2. The van der Waals surface area contributed by atoms with Crippen LogP contribution < -0.4 is 10.2 Å². The van der Waals surface area contributed by atoms with Crippen molar-refractivity contribution in [1.29, 1.82) is 0 Å². The van der Waals surface area contributed by atoms with E-state index in [2.05, 4.69) is 20.3 Å². The molecule has 0 bridgehead atoms. The Labute approximate surface area is 247 Å². The van der Waals surface area contributed by atoms with Gasteiger partial charge >= 0.3 is 14.1 Å². The third kappa shape index (κ3) is 6.01. The fraction of sp³-hybridized carbons (Fsp3) is 0.429. The second-order valence-electron chi connectivity index (χ2n) is 10.5. The van der Waals surface area contributed by atoms with Crippen LogP contribution in [-0.4, -0.2) is 79.1 Å². The lowest BCUT2D eigenvalue weighted by Crippen LogP contribution is -2.41. The van der Waals surface area contributed by atoms with Crippen molar-refractivity contribution in [2.24, 2.45) is 0 Å². The molecule has 4 aromatic rings. The number of carbonyl (C=O) groups is 1. The van der Waals surface area contributed by atoms with E-state index in [4.69, 9.17) is 18.8 Å². The number of carbonyl (C=O) groups excluding carboxylic acids is 1. The van der Waals surface area contributed by atoms with Crippen LogP contribution in [0, 0.1) is 0 Å². The summed E-state index contributed by atoms with van der Waals surface area (Å²) in [7, 11) is -1.21. The number of alkyl halides is 1. The van der Waals surface area contributed by atoms with Crippen molar-refractivity contribution in [1.82, 2.24) is 24.4 Å². The van der Waals surface area contributed by atoms with E-state index < -0.39 is 57.0 Å². The molecule has 6 atom stereocenters. The molecule has 1 aliphatic rings. The zero-order valence-electron chi connectivity index (χ0n) is 24.2. The van der Waals surface area contributed by atoms with Gasteiger partial charge in [-0.3, -0.25) is 9.36 Å². The van der Waals surface area contributed by atoms with E-state index >= 15 is 4.39 Å². The largest absolute Gasteiger partial charge is 0.653 e. The molecule has 228 valence electrons. The van der Waals surface area contributed by atoms with Crippen molar-refractivity contribution < 1.29 is 37.7 Å².